The zero-order chi connectivity index (χ0) is 10.2. The molecule has 0 heterocycles. The number of unbranched alkanes of at least 4 members (excludes halogenated alkanes) is 1. The van der Waals surface area contributed by atoms with Crippen molar-refractivity contribution in [3.05, 3.63) is 0 Å². The fraction of sp³-hybridized carbons (Fsp3) is 1.00. The van der Waals surface area contributed by atoms with Crippen LogP contribution in [0.5, 0.6) is 0 Å². The molecule has 0 spiro atoms. The maximum atomic E-state index is 9.18. The highest BCUT2D eigenvalue weighted by molar-refractivity contribution is 4.81. The van der Waals surface area contributed by atoms with Crippen molar-refractivity contribution in [2.45, 2.75) is 38.6 Å². The maximum absolute atomic E-state index is 9.18. The normalized spacial score (nSPS) is 15.7. The molecule has 0 aliphatic rings. The van der Waals surface area contributed by atoms with Gasteiger partial charge in [0.25, 0.3) is 0 Å². The Labute approximate surface area is 81.5 Å². The van der Waals surface area contributed by atoms with Gasteiger partial charge in [0.05, 0.1) is 6.61 Å². The van der Waals surface area contributed by atoms with Crippen molar-refractivity contribution in [3.63, 3.8) is 0 Å². The summed E-state index contributed by atoms with van der Waals surface area (Å²) in [6.07, 6.45) is 3.16. The molecule has 3 heteroatoms. The predicted molar refractivity (Wildman–Crippen MR) is 54.9 cm³/mol. The highest BCUT2D eigenvalue weighted by Gasteiger charge is 2.20. The van der Waals surface area contributed by atoms with Crippen LogP contribution in [-0.2, 0) is 4.74 Å². The largest absolute Gasteiger partial charge is 0.394 e. The van der Waals surface area contributed by atoms with Gasteiger partial charge >= 0.3 is 0 Å². The molecular formula is C10H23NO2. The molecule has 0 aliphatic heterocycles. The molecule has 0 aromatic rings. The summed E-state index contributed by atoms with van der Waals surface area (Å²) >= 11 is 0. The van der Waals surface area contributed by atoms with Gasteiger partial charge in [0.15, 0.2) is 0 Å². The first-order valence-corrected chi connectivity index (χ1v) is 5.03. The van der Waals surface area contributed by atoms with E-state index in [2.05, 4.69) is 19.2 Å². The molecule has 0 amide bonds. The Morgan fingerprint density at radius 3 is 2.54 bits per heavy atom. The molecule has 0 aromatic carbocycles. The molecule has 0 rings (SSSR count). The smallest absolute Gasteiger partial charge is 0.0610 e. The van der Waals surface area contributed by atoms with Gasteiger partial charge in [-0.15, -0.1) is 0 Å². The molecule has 80 valence electrons. The Kier molecular flexibility index (Phi) is 7.23. The van der Waals surface area contributed by atoms with E-state index in [-0.39, 0.29) is 12.1 Å². The Morgan fingerprint density at radius 2 is 2.08 bits per heavy atom. The van der Waals surface area contributed by atoms with Crippen molar-refractivity contribution >= 4 is 0 Å². The first-order valence-electron chi connectivity index (χ1n) is 5.03. The van der Waals surface area contributed by atoms with Crippen LogP contribution in [0.1, 0.15) is 33.1 Å². The fourth-order valence-corrected chi connectivity index (χ4v) is 1.41. The standard InChI is InChI=1S/C10H23NO2/c1-4-11-10(2,9-12)7-5-6-8-13-3/h11-12H,4-9H2,1-3H3. The third-order valence-corrected chi connectivity index (χ3v) is 2.28. The van der Waals surface area contributed by atoms with Crippen LogP contribution in [0.25, 0.3) is 0 Å². The molecule has 0 radical (unpaired) electrons. The van der Waals surface area contributed by atoms with E-state index in [1.807, 2.05) is 0 Å². The first-order chi connectivity index (χ1) is 6.18. The van der Waals surface area contributed by atoms with Crippen molar-refractivity contribution in [2.24, 2.45) is 0 Å². The lowest BCUT2D eigenvalue weighted by molar-refractivity contribution is 0.154. The average molecular weight is 189 g/mol. The topological polar surface area (TPSA) is 41.5 Å². The van der Waals surface area contributed by atoms with Crippen molar-refractivity contribution in [1.29, 1.82) is 0 Å². The molecule has 0 saturated carbocycles. The van der Waals surface area contributed by atoms with Crippen LogP contribution in [0.15, 0.2) is 0 Å². The third kappa shape index (κ3) is 6.02. The number of likely N-dealkylation sites (N-methyl/N-ethyl adjacent to an activating group) is 1. The van der Waals surface area contributed by atoms with E-state index in [4.69, 9.17) is 4.74 Å². The molecule has 0 saturated heterocycles. The Bertz CT molecular complexity index is 119. The molecule has 0 bridgehead atoms. The number of nitrogens with one attached hydrogen (secondary N) is 1. The van der Waals surface area contributed by atoms with Crippen LogP contribution in [-0.4, -0.2) is 37.5 Å². The van der Waals surface area contributed by atoms with Crippen molar-refractivity contribution in [2.75, 3.05) is 26.9 Å². The van der Waals surface area contributed by atoms with Gasteiger partial charge in [0.2, 0.25) is 0 Å². The van der Waals surface area contributed by atoms with E-state index in [0.717, 1.165) is 32.4 Å². The lowest BCUT2D eigenvalue weighted by Crippen LogP contribution is -2.45. The minimum Gasteiger partial charge on any atom is -0.394 e. The first kappa shape index (κ1) is 12.9. The van der Waals surface area contributed by atoms with Crippen molar-refractivity contribution < 1.29 is 9.84 Å². The summed E-state index contributed by atoms with van der Waals surface area (Å²) in [6, 6.07) is 0. The summed E-state index contributed by atoms with van der Waals surface area (Å²) in [4.78, 5) is 0. The number of methoxy groups -OCH3 is 1. The van der Waals surface area contributed by atoms with E-state index < -0.39 is 0 Å². The quantitative estimate of drug-likeness (QED) is 0.563. The van der Waals surface area contributed by atoms with Gasteiger partial charge in [0.1, 0.15) is 0 Å². The van der Waals surface area contributed by atoms with Crippen LogP contribution in [0.3, 0.4) is 0 Å². The van der Waals surface area contributed by atoms with E-state index in [1.165, 1.54) is 0 Å². The van der Waals surface area contributed by atoms with Crippen molar-refractivity contribution in [1.82, 2.24) is 5.32 Å². The zero-order valence-corrected chi connectivity index (χ0v) is 9.10. The summed E-state index contributed by atoms with van der Waals surface area (Å²) in [6.45, 7) is 6.04. The van der Waals surface area contributed by atoms with E-state index >= 15 is 0 Å². The van der Waals surface area contributed by atoms with Gasteiger partial charge in [-0.2, -0.15) is 0 Å². The molecular weight excluding hydrogens is 166 g/mol. The lowest BCUT2D eigenvalue weighted by atomic mass is 9.96. The molecule has 3 nitrogen and oxygen atoms in total. The zero-order valence-electron chi connectivity index (χ0n) is 9.10. The minimum absolute atomic E-state index is 0.109. The maximum Gasteiger partial charge on any atom is 0.0610 e. The second-order valence-corrected chi connectivity index (χ2v) is 3.70. The Balaban J connectivity index is 3.57. The number of aliphatic hydroxyl groups excluding tert-OH is 1. The van der Waals surface area contributed by atoms with Crippen LogP contribution in [0, 0.1) is 0 Å². The van der Waals surface area contributed by atoms with Gasteiger partial charge in [-0.25, -0.2) is 0 Å². The summed E-state index contributed by atoms with van der Waals surface area (Å²) in [5.74, 6) is 0. The monoisotopic (exact) mass is 189 g/mol. The molecule has 0 fully saturated rings. The number of hydrogen-bond donors (Lipinski definition) is 2. The number of aliphatic hydroxyl groups is 1. The van der Waals surface area contributed by atoms with Crippen LogP contribution in [0.4, 0.5) is 0 Å². The summed E-state index contributed by atoms with van der Waals surface area (Å²) in [5.41, 5.74) is -0.109. The predicted octanol–water partition coefficient (Wildman–Crippen LogP) is 1.16. The molecule has 1 unspecified atom stereocenters. The minimum atomic E-state index is -0.109. The number of hydrogen-bond acceptors (Lipinski definition) is 3. The van der Waals surface area contributed by atoms with Crippen molar-refractivity contribution in [3.8, 4) is 0 Å². The molecule has 2 N–H and O–H groups in total. The molecule has 1 atom stereocenters. The Hall–Kier alpha value is -0.120. The highest BCUT2D eigenvalue weighted by Crippen LogP contribution is 2.12. The van der Waals surface area contributed by atoms with Crippen LogP contribution >= 0.6 is 0 Å². The number of rotatable bonds is 8. The van der Waals surface area contributed by atoms with Crippen LogP contribution < -0.4 is 5.32 Å². The average Bonchev–Trinajstić information content (AvgIpc) is 2.13. The molecule has 0 aromatic heterocycles. The highest BCUT2D eigenvalue weighted by atomic mass is 16.5. The van der Waals surface area contributed by atoms with Gasteiger partial charge < -0.3 is 15.2 Å². The summed E-state index contributed by atoms with van der Waals surface area (Å²) in [5, 5.41) is 12.5. The summed E-state index contributed by atoms with van der Waals surface area (Å²) < 4.78 is 4.97. The van der Waals surface area contributed by atoms with Gasteiger partial charge in [-0.3, -0.25) is 0 Å². The van der Waals surface area contributed by atoms with E-state index in [0.29, 0.717) is 0 Å². The third-order valence-electron chi connectivity index (χ3n) is 2.28. The molecule has 0 aliphatic carbocycles. The fourth-order valence-electron chi connectivity index (χ4n) is 1.41. The van der Waals surface area contributed by atoms with E-state index in [1.54, 1.807) is 7.11 Å². The van der Waals surface area contributed by atoms with Crippen LogP contribution in [0.2, 0.25) is 0 Å². The van der Waals surface area contributed by atoms with E-state index in [9.17, 15) is 5.11 Å². The number of ether oxygens (including phenoxy) is 1. The lowest BCUT2D eigenvalue weighted by Gasteiger charge is -2.28. The second-order valence-electron chi connectivity index (χ2n) is 3.70. The second kappa shape index (κ2) is 7.30. The summed E-state index contributed by atoms with van der Waals surface area (Å²) in [7, 11) is 1.72. The SMILES string of the molecule is CCNC(C)(CO)CCCCOC. The van der Waals surface area contributed by atoms with Gasteiger partial charge in [0, 0.05) is 19.3 Å². The molecule has 13 heavy (non-hydrogen) atoms. The van der Waals surface area contributed by atoms with Gasteiger partial charge in [-0.05, 0) is 32.7 Å². The van der Waals surface area contributed by atoms with Gasteiger partial charge in [-0.1, -0.05) is 6.92 Å². The Morgan fingerprint density at radius 1 is 1.38 bits per heavy atom.